The third kappa shape index (κ3) is 2.57. The molecule has 3 aliphatic carbocycles. The molecule has 3 aliphatic rings. The van der Waals surface area contributed by atoms with Gasteiger partial charge in [-0.05, 0) is 70.1 Å². The Labute approximate surface area is 145 Å². The molecule has 1 fully saturated rings. The van der Waals surface area contributed by atoms with Gasteiger partial charge in [0.1, 0.15) is 0 Å². The van der Waals surface area contributed by atoms with Crippen LogP contribution in [0.4, 0.5) is 0 Å². The van der Waals surface area contributed by atoms with E-state index in [-0.39, 0.29) is 23.6 Å². The summed E-state index contributed by atoms with van der Waals surface area (Å²) in [5, 5.41) is 0. The number of rotatable bonds is 2. The van der Waals surface area contributed by atoms with Crippen molar-refractivity contribution in [3.8, 4) is 0 Å². The first kappa shape index (κ1) is 17.4. The SMILES string of the molecule is CCOC(=O)C1=C2C(=O)[C@@]3(C)C=C(C)C[C@H]3C[C@H](C)[C@H]2CC[C@@H]1C. The third-order valence-corrected chi connectivity index (χ3v) is 6.60. The van der Waals surface area contributed by atoms with E-state index in [4.69, 9.17) is 4.74 Å². The minimum atomic E-state index is -0.447. The van der Waals surface area contributed by atoms with Crippen molar-refractivity contribution in [2.75, 3.05) is 6.61 Å². The predicted molar refractivity (Wildman–Crippen MR) is 94.3 cm³/mol. The van der Waals surface area contributed by atoms with Gasteiger partial charge in [0.25, 0.3) is 0 Å². The van der Waals surface area contributed by atoms with Gasteiger partial charge in [0.15, 0.2) is 5.78 Å². The Morgan fingerprint density at radius 3 is 2.71 bits per heavy atom. The number of ether oxygens (including phenoxy) is 1. The summed E-state index contributed by atoms with van der Waals surface area (Å²) >= 11 is 0. The van der Waals surface area contributed by atoms with Crippen LogP contribution >= 0.6 is 0 Å². The molecule has 0 heterocycles. The Hall–Kier alpha value is -1.38. The molecule has 0 spiro atoms. The van der Waals surface area contributed by atoms with E-state index >= 15 is 0 Å². The molecule has 1 saturated carbocycles. The molecule has 132 valence electrons. The Balaban J connectivity index is 2.16. The Morgan fingerprint density at radius 1 is 1.33 bits per heavy atom. The van der Waals surface area contributed by atoms with Gasteiger partial charge in [-0.3, -0.25) is 4.79 Å². The normalized spacial score (nSPS) is 39.0. The van der Waals surface area contributed by atoms with Crippen LogP contribution in [0.15, 0.2) is 22.8 Å². The van der Waals surface area contributed by atoms with Crippen molar-refractivity contribution in [3.63, 3.8) is 0 Å². The van der Waals surface area contributed by atoms with Crippen molar-refractivity contribution in [2.24, 2.45) is 29.1 Å². The number of carbonyl (C=O) groups is 2. The van der Waals surface area contributed by atoms with Crippen molar-refractivity contribution in [2.45, 2.75) is 60.3 Å². The number of allylic oxidation sites excluding steroid dienone is 3. The smallest absolute Gasteiger partial charge is 0.334 e. The number of Topliss-reactive ketones (excluding diaryl/α,β-unsaturated/α-hetero) is 1. The summed E-state index contributed by atoms with van der Waals surface area (Å²) in [6, 6.07) is 0. The van der Waals surface area contributed by atoms with Crippen molar-refractivity contribution >= 4 is 11.8 Å². The van der Waals surface area contributed by atoms with Crippen molar-refractivity contribution in [1.82, 2.24) is 0 Å². The number of hydrogen-bond donors (Lipinski definition) is 0. The fourth-order valence-electron chi connectivity index (χ4n) is 5.33. The molecule has 3 rings (SSSR count). The molecule has 0 aromatic rings. The standard InChI is InChI=1S/C21H30O3/c1-6-24-20(23)17-13(3)7-8-16-14(4)10-15-9-12(2)11-21(15,5)19(22)18(16)17/h11,13-16H,6-10H2,1-5H3/t13-,14-,15-,16+,21-/m0/s1. The predicted octanol–water partition coefficient (Wildman–Crippen LogP) is 4.47. The maximum atomic E-state index is 13.6. The fourth-order valence-corrected chi connectivity index (χ4v) is 5.33. The maximum absolute atomic E-state index is 13.6. The van der Waals surface area contributed by atoms with Crippen molar-refractivity contribution in [3.05, 3.63) is 22.8 Å². The van der Waals surface area contributed by atoms with E-state index in [1.807, 2.05) is 6.92 Å². The largest absolute Gasteiger partial charge is 0.463 e. The van der Waals surface area contributed by atoms with Gasteiger partial charge in [0.2, 0.25) is 0 Å². The number of esters is 1. The monoisotopic (exact) mass is 330 g/mol. The summed E-state index contributed by atoms with van der Waals surface area (Å²) in [7, 11) is 0. The highest BCUT2D eigenvalue weighted by molar-refractivity contribution is 6.08. The molecule has 0 aromatic carbocycles. The van der Waals surface area contributed by atoms with E-state index in [9.17, 15) is 9.59 Å². The van der Waals surface area contributed by atoms with E-state index < -0.39 is 5.41 Å². The van der Waals surface area contributed by atoms with Crippen LogP contribution in [0.25, 0.3) is 0 Å². The molecule has 3 heteroatoms. The lowest BCUT2D eigenvalue weighted by Crippen LogP contribution is -2.35. The number of hydrogen-bond acceptors (Lipinski definition) is 3. The van der Waals surface area contributed by atoms with Crippen LogP contribution in [0.5, 0.6) is 0 Å². The molecule has 0 amide bonds. The van der Waals surface area contributed by atoms with E-state index in [1.54, 1.807) is 0 Å². The number of carbonyl (C=O) groups excluding carboxylic acids is 2. The van der Waals surface area contributed by atoms with Gasteiger partial charge in [0.05, 0.1) is 12.0 Å². The quantitative estimate of drug-likeness (QED) is 0.554. The maximum Gasteiger partial charge on any atom is 0.334 e. The summed E-state index contributed by atoms with van der Waals surface area (Å²) in [6.07, 6.45) is 6.23. The van der Waals surface area contributed by atoms with Crippen LogP contribution in [0, 0.1) is 29.1 Å². The zero-order chi connectivity index (χ0) is 17.6. The van der Waals surface area contributed by atoms with Crippen molar-refractivity contribution < 1.29 is 14.3 Å². The van der Waals surface area contributed by atoms with Gasteiger partial charge in [-0.25, -0.2) is 4.79 Å². The average molecular weight is 330 g/mol. The zero-order valence-corrected chi connectivity index (χ0v) is 15.6. The topological polar surface area (TPSA) is 43.4 Å². The molecule has 0 N–H and O–H groups in total. The highest BCUT2D eigenvalue weighted by Crippen LogP contribution is 2.54. The highest BCUT2D eigenvalue weighted by atomic mass is 16.5. The van der Waals surface area contributed by atoms with E-state index in [0.29, 0.717) is 24.0 Å². The summed E-state index contributed by atoms with van der Waals surface area (Å²) in [5.74, 6) is 1.05. The summed E-state index contributed by atoms with van der Waals surface area (Å²) in [5.41, 5.74) is 2.33. The van der Waals surface area contributed by atoms with Gasteiger partial charge in [-0.15, -0.1) is 0 Å². The van der Waals surface area contributed by atoms with Crippen molar-refractivity contribution in [1.29, 1.82) is 0 Å². The first-order valence-electron chi connectivity index (χ1n) is 9.43. The highest BCUT2D eigenvalue weighted by Gasteiger charge is 2.52. The fraction of sp³-hybridized carbons (Fsp3) is 0.714. The lowest BCUT2D eigenvalue weighted by Gasteiger charge is -2.34. The Kier molecular flexibility index (Phi) is 4.48. The van der Waals surface area contributed by atoms with Crippen LogP contribution in [-0.2, 0) is 14.3 Å². The van der Waals surface area contributed by atoms with Gasteiger partial charge >= 0.3 is 5.97 Å². The lowest BCUT2D eigenvalue weighted by atomic mass is 9.69. The second-order valence-electron chi connectivity index (χ2n) is 8.35. The molecular formula is C21H30O3. The van der Waals surface area contributed by atoms with Crippen LogP contribution in [0.3, 0.4) is 0 Å². The van der Waals surface area contributed by atoms with E-state index in [0.717, 1.165) is 31.3 Å². The molecule has 5 atom stereocenters. The molecule has 0 radical (unpaired) electrons. The summed E-state index contributed by atoms with van der Waals surface area (Å²) in [6.45, 7) is 10.7. The van der Waals surface area contributed by atoms with E-state index in [2.05, 4.69) is 33.8 Å². The third-order valence-electron chi connectivity index (χ3n) is 6.60. The van der Waals surface area contributed by atoms with Crippen LogP contribution in [0.1, 0.15) is 60.3 Å². The Bertz CT molecular complexity index is 627. The second kappa shape index (κ2) is 6.16. The molecular weight excluding hydrogens is 300 g/mol. The Morgan fingerprint density at radius 2 is 2.04 bits per heavy atom. The lowest BCUT2D eigenvalue weighted by molar-refractivity contribution is -0.140. The molecule has 0 bridgehead atoms. The average Bonchev–Trinajstić information content (AvgIpc) is 2.77. The molecule has 0 aromatic heterocycles. The van der Waals surface area contributed by atoms with Crippen LogP contribution < -0.4 is 0 Å². The first-order valence-corrected chi connectivity index (χ1v) is 9.43. The zero-order valence-electron chi connectivity index (χ0n) is 15.6. The molecule has 0 unspecified atom stereocenters. The van der Waals surface area contributed by atoms with Gasteiger partial charge in [-0.2, -0.15) is 0 Å². The van der Waals surface area contributed by atoms with Crippen LogP contribution in [-0.4, -0.2) is 18.4 Å². The summed E-state index contributed by atoms with van der Waals surface area (Å²) < 4.78 is 5.33. The molecule has 3 nitrogen and oxygen atoms in total. The summed E-state index contributed by atoms with van der Waals surface area (Å²) in [4.78, 5) is 26.3. The first-order chi connectivity index (χ1) is 11.3. The minimum absolute atomic E-state index is 0.109. The van der Waals surface area contributed by atoms with Gasteiger partial charge < -0.3 is 4.74 Å². The van der Waals surface area contributed by atoms with Gasteiger partial charge in [-0.1, -0.05) is 25.5 Å². The molecule has 0 saturated heterocycles. The molecule has 0 aliphatic heterocycles. The minimum Gasteiger partial charge on any atom is -0.463 e. The van der Waals surface area contributed by atoms with Crippen LogP contribution in [0.2, 0.25) is 0 Å². The second-order valence-corrected chi connectivity index (χ2v) is 8.35. The van der Waals surface area contributed by atoms with Gasteiger partial charge in [0, 0.05) is 11.1 Å². The number of ketones is 1. The molecule has 24 heavy (non-hydrogen) atoms. The van der Waals surface area contributed by atoms with E-state index in [1.165, 1.54) is 5.57 Å². The number of fused-ring (bicyclic) bond motifs is 2.